The van der Waals surface area contributed by atoms with Crippen LogP contribution in [0.25, 0.3) is 93.8 Å². The number of aromatic nitrogens is 2. The van der Waals surface area contributed by atoms with Crippen LogP contribution in [0.5, 0.6) is 0 Å². The first-order valence-electron chi connectivity index (χ1n) is 20.6. The van der Waals surface area contributed by atoms with Crippen LogP contribution in [0.2, 0.25) is 0 Å². The summed E-state index contributed by atoms with van der Waals surface area (Å²) in [5.74, 6) is -5.89. The Bertz CT molecular complexity index is 3620. The lowest BCUT2D eigenvalue weighted by Crippen LogP contribution is -2.25. The monoisotopic (exact) mass is 806 g/mol. The Kier molecular flexibility index (Phi) is 7.11. The summed E-state index contributed by atoms with van der Waals surface area (Å²) in [5, 5.41) is 4.39. The third kappa shape index (κ3) is 4.35. The van der Waals surface area contributed by atoms with E-state index in [1.54, 1.807) is 36.4 Å². The van der Waals surface area contributed by atoms with Crippen LogP contribution in [0, 0.1) is 23.3 Å². The third-order valence-electron chi connectivity index (χ3n) is 13.3. The highest BCUT2D eigenvalue weighted by molar-refractivity contribution is 6.20. The van der Waals surface area contributed by atoms with Crippen molar-refractivity contribution in [3.8, 4) is 50.3 Å². The van der Waals surface area contributed by atoms with Gasteiger partial charge in [-0.2, -0.15) is 0 Å². The van der Waals surface area contributed by atoms with Crippen LogP contribution >= 0.6 is 0 Å². The predicted octanol–water partition coefficient (Wildman–Crippen LogP) is 14.7. The number of nitrogens with zero attached hydrogens (tertiary/aromatic N) is 2. The normalized spacial score (nSPS) is 13.3. The summed E-state index contributed by atoms with van der Waals surface area (Å²) in [6.45, 7) is 0. The van der Waals surface area contributed by atoms with Crippen LogP contribution in [0.4, 0.5) is 17.6 Å². The average molecular weight is 807 g/mol. The Morgan fingerprint density at radius 3 is 1.47 bits per heavy atom. The fourth-order valence-corrected chi connectivity index (χ4v) is 10.9. The predicted molar refractivity (Wildman–Crippen MR) is 241 cm³/mol. The molecule has 0 saturated carbocycles. The summed E-state index contributed by atoms with van der Waals surface area (Å²) in [6.07, 6.45) is 0. The van der Waals surface area contributed by atoms with Gasteiger partial charge in [0.15, 0.2) is 23.3 Å². The molecule has 0 unspecified atom stereocenters. The van der Waals surface area contributed by atoms with Crippen molar-refractivity contribution in [3.05, 3.63) is 228 Å². The zero-order valence-electron chi connectivity index (χ0n) is 32.7. The van der Waals surface area contributed by atoms with Gasteiger partial charge in [-0.15, -0.1) is 0 Å². The molecule has 0 fully saturated rings. The lowest BCUT2D eigenvalue weighted by molar-refractivity contribution is 0.454. The molecule has 0 amide bonds. The number of fused-ring (bicyclic) bond motifs is 17. The maximum atomic E-state index is 16.4. The highest BCUT2D eigenvalue weighted by Crippen LogP contribution is 2.64. The van der Waals surface area contributed by atoms with E-state index in [1.807, 2.05) is 42.5 Å². The van der Waals surface area contributed by atoms with Gasteiger partial charge in [-0.1, -0.05) is 164 Å². The molecule has 2 aliphatic carbocycles. The molecule has 0 saturated heterocycles. The van der Waals surface area contributed by atoms with Gasteiger partial charge in [-0.05, 0) is 68.3 Å². The smallest absolute Gasteiger partial charge is 0.186 e. The summed E-state index contributed by atoms with van der Waals surface area (Å²) in [6, 6.07) is 59.0. The Hall–Kier alpha value is -7.83. The molecule has 2 nitrogen and oxygen atoms in total. The lowest BCUT2D eigenvalue weighted by atomic mass is 9.70. The summed E-state index contributed by atoms with van der Waals surface area (Å²) >= 11 is 0. The van der Waals surface area contributed by atoms with Gasteiger partial charge in [-0.3, -0.25) is 0 Å². The maximum absolute atomic E-state index is 16.4. The minimum atomic E-state index is -1.48. The maximum Gasteiger partial charge on any atom is 0.186 e. The summed E-state index contributed by atoms with van der Waals surface area (Å²) in [7, 11) is 0. The van der Waals surface area contributed by atoms with E-state index >= 15 is 17.6 Å². The second kappa shape index (κ2) is 12.6. The Morgan fingerprint density at radius 2 is 0.855 bits per heavy atom. The first-order valence-corrected chi connectivity index (χ1v) is 20.6. The number of halogens is 4. The second-order valence-electron chi connectivity index (χ2n) is 16.2. The number of benzene rings is 9. The summed E-state index contributed by atoms with van der Waals surface area (Å²) < 4.78 is 66.6. The SMILES string of the molecule is Fc1c(F)c(-n2c3ccccc3c3ccccc32)c(F)c(F)c1-c1ccc(-c2nc3ccccc3c3c4c(ccc23)C2(c3ccccc3-c3ccccc32)c2ccccc2-4)cc1. The van der Waals surface area contributed by atoms with Crippen LogP contribution in [0.1, 0.15) is 22.3 Å². The van der Waals surface area contributed by atoms with Gasteiger partial charge >= 0.3 is 0 Å². The number of para-hydroxylation sites is 3. The molecule has 11 aromatic rings. The van der Waals surface area contributed by atoms with Gasteiger partial charge in [0.25, 0.3) is 0 Å². The van der Waals surface area contributed by atoms with Crippen molar-refractivity contribution in [2.45, 2.75) is 5.41 Å². The van der Waals surface area contributed by atoms with Crippen LogP contribution in [-0.2, 0) is 5.41 Å². The highest BCUT2D eigenvalue weighted by Gasteiger charge is 2.52. The van der Waals surface area contributed by atoms with E-state index < -0.39 is 39.9 Å². The number of rotatable bonds is 3. The molecule has 1 spiro atoms. The highest BCUT2D eigenvalue weighted by atomic mass is 19.2. The van der Waals surface area contributed by atoms with Crippen molar-refractivity contribution < 1.29 is 17.6 Å². The first-order chi connectivity index (χ1) is 30.5. The van der Waals surface area contributed by atoms with Gasteiger partial charge < -0.3 is 4.57 Å². The lowest BCUT2D eigenvalue weighted by Gasteiger charge is -2.30. The van der Waals surface area contributed by atoms with Crippen LogP contribution in [0.3, 0.4) is 0 Å². The Labute approximate surface area is 352 Å². The van der Waals surface area contributed by atoms with Gasteiger partial charge in [0.2, 0.25) is 0 Å². The van der Waals surface area contributed by atoms with Crippen molar-refractivity contribution >= 4 is 43.5 Å². The van der Waals surface area contributed by atoms with Gasteiger partial charge in [0, 0.05) is 32.5 Å². The molecular formula is C56H30F4N2. The zero-order chi connectivity index (χ0) is 41.4. The topological polar surface area (TPSA) is 17.8 Å². The number of hydrogen-bond donors (Lipinski definition) is 0. The van der Waals surface area contributed by atoms with Crippen molar-refractivity contribution in [1.82, 2.24) is 9.55 Å². The minimum Gasteiger partial charge on any atom is -0.304 e. The van der Waals surface area contributed by atoms with Gasteiger partial charge in [0.05, 0.1) is 33.2 Å². The molecule has 0 radical (unpaired) electrons. The molecule has 0 bridgehead atoms. The quantitative estimate of drug-likeness (QED) is 0.0988. The van der Waals surface area contributed by atoms with E-state index in [-0.39, 0.29) is 5.56 Å². The number of pyridine rings is 1. The molecule has 6 heteroatoms. The second-order valence-corrected chi connectivity index (χ2v) is 16.2. The van der Waals surface area contributed by atoms with Crippen molar-refractivity contribution in [1.29, 1.82) is 0 Å². The first kappa shape index (κ1) is 35.0. The molecule has 9 aromatic carbocycles. The minimum absolute atomic E-state index is 0.00394. The van der Waals surface area contributed by atoms with E-state index in [0.29, 0.717) is 33.1 Å². The van der Waals surface area contributed by atoms with Crippen LogP contribution in [-0.4, -0.2) is 9.55 Å². The largest absolute Gasteiger partial charge is 0.304 e. The fraction of sp³-hybridized carbons (Fsp3) is 0.0179. The van der Waals surface area contributed by atoms with E-state index in [9.17, 15) is 0 Å². The molecule has 13 rings (SSSR count). The molecule has 0 aliphatic heterocycles. The fourth-order valence-electron chi connectivity index (χ4n) is 10.9. The van der Waals surface area contributed by atoms with Crippen molar-refractivity contribution in [2.24, 2.45) is 0 Å². The molecule has 2 aromatic heterocycles. The van der Waals surface area contributed by atoms with Gasteiger partial charge in [0.1, 0.15) is 5.69 Å². The third-order valence-corrected chi connectivity index (χ3v) is 13.3. The molecule has 0 atom stereocenters. The van der Waals surface area contributed by atoms with Crippen molar-refractivity contribution in [3.63, 3.8) is 0 Å². The number of hydrogen-bond acceptors (Lipinski definition) is 1. The molecule has 0 N–H and O–H groups in total. The van der Waals surface area contributed by atoms with E-state index in [0.717, 1.165) is 32.8 Å². The molecular weight excluding hydrogens is 777 g/mol. The summed E-state index contributed by atoms with van der Waals surface area (Å²) in [4.78, 5) is 5.20. The Morgan fingerprint density at radius 1 is 0.371 bits per heavy atom. The van der Waals surface area contributed by atoms with E-state index in [1.165, 1.54) is 50.1 Å². The summed E-state index contributed by atoms with van der Waals surface area (Å²) in [5.41, 5.74) is 10.5. The van der Waals surface area contributed by atoms with Gasteiger partial charge in [-0.25, -0.2) is 22.5 Å². The molecule has 292 valence electrons. The van der Waals surface area contributed by atoms with Crippen LogP contribution in [0.15, 0.2) is 182 Å². The molecule has 2 heterocycles. The van der Waals surface area contributed by atoms with E-state index in [4.69, 9.17) is 4.98 Å². The van der Waals surface area contributed by atoms with Crippen molar-refractivity contribution in [2.75, 3.05) is 0 Å². The standard InChI is InChI=1S/C56H30F4N2/c57-50-47(51(58)53(60)55(52(50)59)62-45-23-11-5-15-35(45)36-16-6-12-24-46(36)62)31-25-27-32(28-26-31)54-39-29-30-43-49(48(39)38-18-4-10-22-44(38)61-54)37-17-3-9-21-42(37)56(43)40-19-7-1-13-33(40)34-14-2-8-20-41(34)56/h1-30H. The molecule has 2 aliphatic rings. The Balaban J connectivity index is 1.00. The van der Waals surface area contributed by atoms with E-state index in [2.05, 4.69) is 91.0 Å². The molecule has 62 heavy (non-hydrogen) atoms. The zero-order valence-corrected chi connectivity index (χ0v) is 32.7. The average Bonchev–Trinajstić information content (AvgIpc) is 3.93. The van der Waals surface area contributed by atoms with Crippen LogP contribution < -0.4 is 0 Å².